The number of hydrogen-bond donors (Lipinski definition) is 0. The monoisotopic (exact) mass is 322 g/mol. The molecule has 1 heterocycles. The van der Waals surface area contributed by atoms with Crippen LogP contribution in [0.1, 0.15) is 22.5 Å². The molecule has 0 saturated heterocycles. The summed E-state index contributed by atoms with van der Waals surface area (Å²) in [4.78, 5) is 14.1. The highest BCUT2D eigenvalue weighted by Crippen LogP contribution is 2.23. The van der Waals surface area contributed by atoms with Crippen LogP contribution >= 0.6 is 23.2 Å². The van der Waals surface area contributed by atoms with Crippen molar-refractivity contribution >= 4 is 29.1 Å². The molecule has 0 radical (unpaired) electrons. The van der Waals surface area contributed by atoms with Crippen LogP contribution in [0.25, 0.3) is 0 Å². The van der Waals surface area contributed by atoms with E-state index in [4.69, 9.17) is 32.9 Å². The highest BCUT2D eigenvalue weighted by atomic mass is 35.5. The number of amides is 1. The third-order valence-corrected chi connectivity index (χ3v) is 3.43. The smallest absolute Gasteiger partial charge is 0.255 e. The molecule has 21 heavy (non-hydrogen) atoms. The third kappa shape index (κ3) is 4.01. The van der Waals surface area contributed by atoms with E-state index in [-0.39, 0.29) is 18.9 Å². The van der Waals surface area contributed by atoms with Crippen molar-refractivity contribution in [1.29, 1.82) is 5.26 Å². The molecular weight excluding hydrogens is 311 g/mol. The van der Waals surface area contributed by atoms with Crippen molar-refractivity contribution in [2.75, 3.05) is 6.54 Å². The minimum atomic E-state index is -0.283. The van der Waals surface area contributed by atoms with Gasteiger partial charge in [-0.3, -0.25) is 4.79 Å². The lowest BCUT2D eigenvalue weighted by molar-refractivity contribution is 0.0735. The number of carbonyl (C=O) groups excluding carboxylic acids is 1. The molecule has 4 nitrogen and oxygen atoms in total. The van der Waals surface area contributed by atoms with Crippen molar-refractivity contribution in [3.05, 3.63) is 58.0 Å². The summed E-state index contributed by atoms with van der Waals surface area (Å²) in [5, 5.41) is 9.49. The summed E-state index contributed by atoms with van der Waals surface area (Å²) in [6, 6.07) is 10.3. The lowest BCUT2D eigenvalue weighted by Gasteiger charge is -2.21. The summed E-state index contributed by atoms with van der Waals surface area (Å²) in [7, 11) is 0. The van der Waals surface area contributed by atoms with Gasteiger partial charge in [0, 0.05) is 11.6 Å². The second kappa shape index (κ2) is 7.16. The van der Waals surface area contributed by atoms with Crippen LogP contribution in [0.2, 0.25) is 10.0 Å². The number of carbonyl (C=O) groups is 1. The molecule has 0 saturated carbocycles. The molecule has 0 aliphatic heterocycles. The molecule has 0 bridgehead atoms. The van der Waals surface area contributed by atoms with E-state index < -0.39 is 0 Å². The van der Waals surface area contributed by atoms with Crippen LogP contribution in [0.3, 0.4) is 0 Å². The standard InChI is InChI=1S/C15H12Cl2N2O2/c16-11-4-5-14(17)13(9-11)15(20)19(7-2-6-18)10-12-3-1-8-21-12/h1,3-5,8-9H,2,7,10H2. The van der Waals surface area contributed by atoms with Gasteiger partial charge >= 0.3 is 0 Å². The number of hydrogen-bond acceptors (Lipinski definition) is 3. The van der Waals surface area contributed by atoms with Gasteiger partial charge in [-0.2, -0.15) is 5.26 Å². The molecule has 0 unspecified atom stereocenters. The lowest BCUT2D eigenvalue weighted by Crippen LogP contribution is -2.31. The highest BCUT2D eigenvalue weighted by molar-refractivity contribution is 6.35. The van der Waals surface area contributed by atoms with Crippen LogP contribution in [0, 0.1) is 11.3 Å². The minimum absolute atomic E-state index is 0.227. The molecule has 2 aromatic rings. The van der Waals surface area contributed by atoms with Crippen molar-refractivity contribution < 1.29 is 9.21 Å². The van der Waals surface area contributed by atoms with Gasteiger partial charge in [-0.05, 0) is 30.3 Å². The van der Waals surface area contributed by atoms with E-state index in [1.807, 2.05) is 6.07 Å². The predicted molar refractivity (Wildman–Crippen MR) is 80.1 cm³/mol. The van der Waals surface area contributed by atoms with Crippen LogP contribution < -0.4 is 0 Å². The van der Waals surface area contributed by atoms with Gasteiger partial charge < -0.3 is 9.32 Å². The molecule has 1 amide bonds. The Hall–Kier alpha value is -1.96. The van der Waals surface area contributed by atoms with Gasteiger partial charge in [0.15, 0.2) is 0 Å². The SMILES string of the molecule is N#CCCN(Cc1ccco1)C(=O)c1cc(Cl)ccc1Cl. The van der Waals surface area contributed by atoms with E-state index >= 15 is 0 Å². The highest BCUT2D eigenvalue weighted by Gasteiger charge is 2.19. The number of nitriles is 1. The Balaban J connectivity index is 2.24. The maximum Gasteiger partial charge on any atom is 0.255 e. The molecule has 108 valence electrons. The molecular formula is C15H12Cl2N2O2. The van der Waals surface area contributed by atoms with Gasteiger partial charge in [-0.25, -0.2) is 0 Å². The van der Waals surface area contributed by atoms with E-state index in [1.54, 1.807) is 24.3 Å². The van der Waals surface area contributed by atoms with Gasteiger partial charge in [0.1, 0.15) is 5.76 Å². The second-order valence-electron chi connectivity index (χ2n) is 4.34. The average molecular weight is 323 g/mol. The molecule has 2 rings (SSSR count). The summed E-state index contributed by atoms with van der Waals surface area (Å²) in [6.45, 7) is 0.565. The zero-order valence-corrected chi connectivity index (χ0v) is 12.6. The first-order valence-electron chi connectivity index (χ1n) is 6.25. The fourth-order valence-electron chi connectivity index (χ4n) is 1.86. The molecule has 0 aliphatic carbocycles. The molecule has 1 aromatic heterocycles. The van der Waals surface area contributed by atoms with E-state index in [1.165, 1.54) is 17.2 Å². The first-order chi connectivity index (χ1) is 10.1. The predicted octanol–water partition coefficient (Wildman–Crippen LogP) is 4.14. The Morgan fingerprint density at radius 3 is 2.81 bits per heavy atom. The average Bonchev–Trinajstić information content (AvgIpc) is 2.98. The van der Waals surface area contributed by atoms with Crippen molar-refractivity contribution in [3.63, 3.8) is 0 Å². The number of halogens is 2. The van der Waals surface area contributed by atoms with Crippen molar-refractivity contribution in [3.8, 4) is 6.07 Å². The number of nitrogens with zero attached hydrogens (tertiary/aromatic N) is 2. The maximum absolute atomic E-state index is 12.6. The summed E-state index contributed by atoms with van der Waals surface area (Å²) in [5.74, 6) is 0.355. The zero-order chi connectivity index (χ0) is 15.2. The van der Waals surface area contributed by atoms with Gasteiger partial charge in [-0.15, -0.1) is 0 Å². The van der Waals surface area contributed by atoms with Gasteiger partial charge in [0.2, 0.25) is 0 Å². The van der Waals surface area contributed by atoms with Crippen LogP contribution in [-0.4, -0.2) is 17.4 Å². The topological polar surface area (TPSA) is 57.2 Å². The van der Waals surface area contributed by atoms with E-state index in [0.717, 1.165) is 0 Å². The van der Waals surface area contributed by atoms with E-state index in [2.05, 4.69) is 0 Å². The van der Waals surface area contributed by atoms with Crippen LogP contribution in [0.15, 0.2) is 41.0 Å². The Labute approximate surface area is 132 Å². The zero-order valence-electron chi connectivity index (χ0n) is 11.1. The first kappa shape index (κ1) is 15.4. The fourth-order valence-corrected chi connectivity index (χ4v) is 2.23. The summed E-state index contributed by atoms with van der Waals surface area (Å²) in [6.07, 6.45) is 1.76. The molecule has 6 heteroatoms. The molecule has 0 N–H and O–H groups in total. The van der Waals surface area contributed by atoms with Crippen molar-refractivity contribution in [1.82, 2.24) is 4.90 Å². The summed E-state index contributed by atoms with van der Waals surface area (Å²) < 4.78 is 5.25. The van der Waals surface area contributed by atoms with Crippen LogP contribution in [0.4, 0.5) is 0 Å². The first-order valence-corrected chi connectivity index (χ1v) is 7.01. The van der Waals surface area contributed by atoms with E-state index in [0.29, 0.717) is 27.9 Å². The number of rotatable bonds is 5. The fraction of sp³-hybridized carbons (Fsp3) is 0.200. The molecule has 0 atom stereocenters. The maximum atomic E-state index is 12.6. The largest absolute Gasteiger partial charge is 0.467 e. The second-order valence-corrected chi connectivity index (χ2v) is 5.18. The normalized spacial score (nSPS) is 10.1. The van der Waals surface area contributed by atoms with E-state index in [9.17, 15) is 4.79 Å². The Bertz CT molecular complexity index is 663. The third-order valence-electron chi connectivity index (χ3n) is 2.87. The Kier molecular flexibility index (Phi) is 5.26. The van der Waals surface area contributed by atoms with Gasteiger partial charge in [0.05, 0.1) is 35.9 Å². The van der Waals surface area contributed by atoms with Gasteiger partial charge in [-0.1, -0.05) is 23.2 Å². The molecule has 0 aliphatic rings. The van der Waals surface area contributed by atoms with Crippen LogP contribution in [0.5, 0.6) is 0 Å². The Morgan fingerprint density at radius 2 is 2.14 bits per heavy atom. The molecule has 1 aromatic carbocycles. The van der Waals surface area contributed by atoms with Crippen molar-refractivity contribution in [2.24, 2.45) is 0 Å². The molecule has 0 fully saturated rings. The van der Waals surface area contributed by atoms with Crippen molar-refractivity contribution in [2.45, 2.75) is 13.0 Å². The minimum Gasteiger partial charge on any atom is -0.467 e. The Morgan fingerprint density at radius 1 is 1.33 bits per heavy atom. The summed E-state index contributed by atoms with van der Waals surface area (Å²) >= 11 is 12.0. The van der Waals surface area contributed by atoms with Gasteiger partial charge in [0.25, 0.3) is 5.91 Å². The number of benzene rings is 1. The lowest BCUT2D eigenvalue weighted by atomic mass is 10.2. The quantitative estimate of drug-likeness (QED) is 0.831. The van der Waals surface area contributed by atoms with Crippen LogP contribution in [-0.2, 0) is 6.54 Å². The number of furan rings is 1. The summed E-state index contributed by atoms with van der Waals surface area (Å²) in [5.41, 5.74) is 0.314. The molecule has 0 spiro atoms.